The number of hydrogen-bond acceptors (Lipinski definition) is 4. The van der Waals surface area contributed by atoms with E-state index in [1.165, 1.54) is 34.7 Å². The van der Waals surface area contributed by atoms with Crippen molar-refractivity contribution in [1.82, 2.24) is 0 Å². The van der Waals surface area contributed by atoms with Gasteiger partial charge in [-0.15, -0.1) is 34.0 Å². The summed E-state index contributed by atoms with van der Waals surface area (Å²) in [5, 5.41) is 1.98. The van der Waals surface area contributed by atoms with Crippen LogP contribution in [0.25, 0.3) is 0 Å². The first-order chi connectivity index (χ1) is 15.3. The highest BCUT2D eigenvalue weighted by Gasteiger charge is 2.10. The molecule has 4 N–H and O–H groups in total. The van der Waals surface area contributed by atoms with E-state index in [9.17, 15) is 0 Å². The van der Waals surface area contributed by atoms with Gasteiger partial charge in [0.05, 0.1) is 21.4 Å². The summed E-state index contributed by atoms with van der Waals surface area (Å²) in [7, 11) is 0. The van der Waals surface area contributed by atoms with E-state index < -0.39 is 0 Å². The summed E-state index contributed by atoms with van der Waals surface area (Å²) >= 11 is 15.4. The van der Waals surface area contributed by atoms with Crippen molar-refractivity contribution in [2.45, 2.75) is 25.4 Å². The van der Waals surface area contributed by atoms with Gasteiger partial charge in [0.25, 0.3) is 0 Å². The van der Waals surface area contributed by atoms with Crippen molar-refractivity contribution in [2.24, 2.45) is 21.5 Å². The van der Waals surface area contributed by atoms with Crippen LogP contribution in [0, 0.1) is 13.8 Å². The minimum absolute atomic E-state index is 0. The first-order valence-electron chi connectivity index (χ1n) is 9.84. The molecule has 0 aliphatic rings. The van der Waals surface area contributed by atoms with Crippen molar-refractivity contribution in [3.8, 4) is 0 Å². The summed E-state index contributed by atoms with van der Waals surface area (Å²) in [6, 6.07) is 19.6. The van der Waals surface area contributed by atoms with Gasteiger partial charge in [0.15, 0.2) is 10.3 Å². The van der Waals surface area contributed by atoms with Crippen LogP contribution in [0.5, 0.6) is 0 Å². The lowest BCUT2D eigenvalue weighted by Gasteiger charge is -2.11. The zero-order chi connectivity index (χ0) is 23.1. The number of nitrogens with zero attached hydrogens (tertiary/aromatic N) is 2. The number of amidine groups is 2. The second-order valence-corrected chi connectivity index (χ2v) is 9.99. The summed E-state index contributed by atoms with van der Waals surface area (Å²) in [5.74, 6) is 1.23. The third kappa shape index (κ3) is 9.84. The van der Waals surface area contributed by atoms with Crippen LogP contribution in [0.1, 0.15) is 22.3 Å². The average Bonchev–Trinajstić information content (AvgIpc) is 2.76. The maximum atomic E-state index is 6.27. The summed E-state index contributed by atoms with van der Waals surface area (Å²) in [4.78, 5) is 8.93. The Balaban J connectivity index is 0.00000289. The molecule has 0 atom stereocenters. The SMILES string of the molecule is Br.Br.Cc1ccc(N=C(N)SCc2cc(Cl)c(Cl)cc2CS/C(N)=N/c2ccc(C)cc2)cc1. The molecular formula is C24H26Br2Cl2N4S2. The van der Waals surface area contributed by atoms with Gasteiger partial charge < -0.3 is 11.5 Å². The van der Waals surface area contributed by atoms with Gasteiger partial charge in [0.2, 0.25) is 0 Å². The Hall–Kier alpha value is -1.16. The number of benzene rings is 3. The summed E-state index contributed by atoms with van der Waals surface area (Å²) < 4.78 is 0. The van der Waals surface area contributed by atoms with E-state index in [0.717, 1.165) is 22.5 Å². The predicted molar refractivity (Wildman–Crippen MR) is 165 cm³/mol. The molecule has 0 unspecified atom stereocenters. The second-order valence-electron chi connectivity index (χ2n) is 7.18. The Bertz CT molecular complexity index is 1050. The van der Waals surface area contributed by atoms with E-state index in [4.69, 9.17) is 34.7 Å². The van der Waals surface area contributed by atoms with Gasteiger partial charge in [-0.25, -0.2) is 9.98 Å². The highest BCUT2D eigenvalue weighted by Crippen LogP contribution is 2.31. The van der Waals surface area contributed by atoms with Crippen molar-refractivity contribution in [2.75, 3.05) is 0 Å². The van der Waals surface area contributed by atoms with Crippen LogP contribution < -0.4 is 11.5 Å². The number of aryl methyl sites for hydroxylation is 2. The summed E-state index contributed by atoms with van der Waals surface area (Å²) in [6.45, 7) is 4.07. The molecule has 3 aromatic rings. The van der Waals surface area contributed by atoms with Crippen molar-refractivity contribution in [3.63, 3.8) is 0 Å². The molecule has 0 saturated heterocycles. The van der Waals surface area contributed by atoms with Gasteiger partial charge in [-0.2, -0.15) is 0 Å². The number of hydrogen-bond donors (Lipinski definition) is 2. The normalized spacial score (nSPS) is 11.5. The fourth-order valence-corrected chi connectivity index (χ4v) is 4.62. The standard InChI is InChI=1S/C24H24Cl2N4S2.2BrH/c1-15-3-7-19(8-4-15)29-23(27)31-13-17-11-21(25)22(26)12-18(17)14-32-24(28)30-20-9-5-16(2)6-10-20;;/h3-12H,13-14H2,1-2H3,(H2,27,29)(H2,28,30);2*1H. The lowest BCUT2D eigenvalue weighted by Crippen LogP contribution is -2.08. The van der Waals surface area contributed by atoms with Crippen LogP contribution in [-0.4, -0.2) is 10.3 Å². The molecule has 0 amide bonds. The van der Waals surface area contributed by atoms with E-state index in [2.05, 4.69) is 9.98 Å². The van der Waals surface area contributed by atoms with Gasteiger partial charge in [-0.1, -0.05) is 82.1 Å². The smallest absolute Gasteiger partial charge is 0.159 e. The topological polar surface area (TPSA) is 76.8 Å². The highest BCUT2D eigenvalue weighted by molar-refractivity contribution is 8.93. The number of rotatable bonds is 6. The molecule has 0 bridgehead atoms. The molecule has 10 heteroatoms. The van der Waals surface area contributed by atoms with Gasteiger partial charge in [0, 0.05) is 11.5 Å². The van der Waals surface area contributed by atoms with Crippen LogP contribution in [-0.2, 0) is 11.5 Å². The van der Waals surface area contributed by atoms with Gasteiger partial charge in [0.1, 0.15) is 0 Å². The zero-order valence-electron chi connectivity index (χ0n) is 18.6. The van der Waals surface area contributed by atoms with Crippen molar-refractivity contribution >= 4 is 102 Å². The third-order valence-electron chi connectivity index (χ3n) is 4.54. The monoisotopic (exact) mass is 662 g/mol. The largest absolute Gasteiger partial charge is 0.378 e. The van der Waals surface area contributed by atoms with E-state index in [1.54, 1.807) is 0 Å². The van der Waals surface area contributed by atoms with Crippen molar-refractivity contribution in [1.29, 1.82) is 0 Å². The number of aliphatic imine (C=N–C) groups is 2. The minimum atomic E-state index is 0. The Morgan fingerprint density at radius 3 is 1.32 bits per heavy atom. The number of halogens is 4. The maximum absolute atomic E-state index is 6.27. The lowest BCUT2D eigenvalue weighted by atomic mass is 10.1. The van der Waals surface area contributed by atoms with E-state index in [1.807, 2.05) is 74.5 Å². The summed E-state index contributed by atoms with van der Waals surface area (Å²) in [6.07, 6.45) is 0. The number of thioether (sulfide) groups is 2. The van der Waals surface area contributed by atoms with E-state index in [-0.39, 0.29) is 34.0 Å². The first kappa shape index (κ1) is 30.9. The Morgan fingerprint density at radius 1 is 0.676 bits per heavy atom. The molecule has 4 nitrogen and oxygen atoms in total. The van der Waals surface area contributed by atoms with E-state index >= 15 is 0 Å². The molecule has 0 aliphatic heterocycles. The van der Waals surface area contributed by atoms with Crippen molar-refractivity contribution in [3.05, 3.63) is 93.0 Å². The molecule has 3 rings (SSSR count). The van der Waals surface area contributed by atoms with E-state index in [0.29, 0.717) is 31.9 Å². The molecule has 0 aromatic heterocycles. The Morgan fingerprint density at radius 2 is 1.00 bits per heavy atom. The highest BCUT2D eigenvalue weighted by atomic mass is 79.9. The first-order valence-corrected chi connectivity index (χ1v) is 12.6. The molecule has 0 aliphatic carbocycles. The molecule has 0 spiro atoms. The van der Waals surface area contributed by atoms with Crippen LogP contribution in [0.15, 0.2) is 70.6 Å². The van der Waals surface area contributed by atoms with Crippen LogP contribution in [0.4, 0.5) is 11.4 Å². The Labute approximate surface area is 240 Å². The number of nitrogens with two attached hydrogens (primary N) is 2. The fourth-order valence-electron chi connectivity index (χ4n) is 2.76. The van der Waals surface area contributed by atoms with Crippen LogP contribution in [0.3, 0.4) is 0 Å². The van der Waals surface area contributed by atoms with Crippen LogP contribution >= 0.6 is 80.7 Å². The summed E-state index contributed by atoms with van der Waals surface area (Å²) in [5.41, 5.74) is 18.3. The average molecular weight is 665 g/mol. The van der Waals surface area contributed by atoms with Crippen LogP contribution in [0.2, 0.25) is 10.0 Å². The molecule has 182 valence electrons. The lowest BCUT2D eigenvalue weighted by molar-refractivity contribution is 1.29. The molecule has 3 aromatic carbocycles. The molecule has 0 saturated carbocycles. The molecule has 0 fully saturated rings. The fraction of sp³-hybridized carbons (Fsp3) is 0.167. The van der Waals surface area contributed by atoms with Gasteiger partial charge >= 0.3 is 0 Å². The molecular weight excluding hydrogens is 639 g/mol. The predicted octanol–water partition coefficient (Wildman–Crippen LogP) is 8.53. The Kier molecular flexibility index (Phi) is 13.7. The maximum Gasteiger partial charge on any atom is 0.159 e. The third-order valence-corrected chi connectivity index (χ3v) is 6.95. The molecule has 0 heterocycles. The molecule has 34 heavy (non-hydrogen) atoms. The van der Waals surface area contributed by atoms with Gasteiger partial charge in [-0.3, -0.25) is 0 Å². The van der Waals surface area contributed by atoms with Gasteiger partial charge in [-0.05, 0) is 61.4 Å². The van der Waals surface area contributed by atoms with Crippen molar-refractivity contribution < 1.29 is 0 Å². The minimum Gasteiger partial charge on any atom is -0.378 e. The zero-order valence-corrected chi connectivity index (χ0v) is 25.2. The molecule has 0 radical (unpaired) electrons. The quantitative estimate of drug-likeness (QED) is 0.205. The second kappa shape index (κ2) is 15.1.